The predicted octanol–water partition coefficient (Wildman–Crippen LogP) is 6.62. The highest BCUT2D eigenvalue weighted by molar-refractivity contribution is 6.17. The van der Waals surface area contributed by atoms with E-state index >= 15 is 0 Å². The zero-order valence-electron chi connectivity index (χ0n) is 13.2. The first-order chi connectivity index (χ1) is 10.6. The Morgan fingerprint density at radius 3 is 2.23 bits per heavy atom. The van der Waals surface area contributed by atoms with Gasteiger partial charge in [-0.2, -0.15) is 0 Å². The normalized spacial score (nSPS) is 11.5. The molecule has 0 spiro atoms. The lowest BCUT2D eigenvalue weighted by Crippen LogP contribution is -1.92. The van der Waals surface area contributed by atoms with Crippen LogP contribution in [-0.2, 0) is 12.3 Å². The minimum Gasteiger partial charge on any atom is -0.242 e. The minimum absolute atomic E-state index is 0.203. The van der Waals surface area contributed by atoms with Crippen LogP contribution in [0.4, 0.5) is 8.78 Å². The summed E-state index contributed by atoms with van der Waals surface area (Å²) in [7, 11) is 0. The molecule has 0 aliphatic rings. The van der Waals surface area contributed by atoms with E-state index in [1.807, 2.05) is 43.3 Å². The smallest absolute Gasteiger partial charge is 0.125 e. The molecule has 0 nitrogen and oxygen atoms in total. The summed E-state index contributed by atoms with van der Waals surface area (Å²) in [6, 6.07) is 14.1. The lowest BCUT2D eigenvalue weighted by atomic mass is 10.0. The third-order valence-corrected chi connectivity index (χ3v) is 3.64. The first kappa shape index (κ1) is 18.6. The van der Waals surface area contributed by atoms with E-state index in [9.17, 15) is 8.78 Å². The second-order valence-corrected chi connectivity index (χ2v) is 5.35. The molecular formula is C19H23ClF2. The van der Waals surface area contributed by atoms with Crippen LogP contribution < -0.4 is 0 Å². The van der Waals surface area contributed by atoms with E-state index in [2.05, 4.69) is 6.92 Å². The van der Waals surface area contributed by atoms with Crippen LogP contribution in [0.15, 0.2) is 48.5 Å². The van der Waals surface area contributed by atoms with Crippen LogP contribution in [0.3, 0.4) is 0 Å². The van der Waals surface area contributed by atoms with Crippen LogP contribution in [0.1, 0.15) is 49.6 Å². The largest absolute Gasteiger partial charge is 0.242 e. The molecule has 22 heavy (non-hydrogen) atoms. The number of benzene rings is 2. The Kier molecular flexibility index (Phi) is 8.76. The number of alkyl halides is 2. The number of halogens is 3. The highest BCUT2D eigenvalue weighted by atomic mass is 35.5. The van der Waals surface area contributed by atoms with E-state index < -0.39 is 6.17 Å². The molecule has 0 aliphatic carbocycles. The van der Waals surface area contributed by atoms with Gasteiger partial charge in [-0.05, 0) is 41.7 Å². The average molecular weight is 325 g/mol. The monoisotopic (exact) mass is 324 g/mol. The fraction of sp³-hybridized carbons (Fsp3) is 0.368. The Hall–Kier alpha value is -1.41. The van der Waals surface area contributed by atoms with Crippen LogP contribution >= 0.6 is 11.6 Å². The zero-order valence-corrected chi connectivity index (χ0v) is 13.9. The number of hydrogen-bond acceptors (Lipinski definition) is 0. The Balaban J connectivity index is 0.000000224. The molecule has 0 radical (unpaired) electrons. The molecule has 1 unspecified atom stereocenters. The Morgan fingerprint density at radius 1 is 1.00 bits per heavy atom. The SMILES string of the molecule is CCC(F)c1ccccc1.CCCc1ccc(F)cc1CCl. The number of hydrogen-bond donors (Lipinski definition) is 0. The van der Waals surface area contributed by atoms with Gasteiger partial charge in [-0.25, -0.2) is 8.78 Å². The van der Waals surface area contributed by atoms with Crippen LogP contribution in [0.25, 0.3) is 0 Å². The second kappa shape index (κ2) is 10.3. The van der Waals surface area contributed by atoms with Crippen LogP contribution in [0, 0.1) is 5.82 Å². The van der Waals surface area contributed by atoms with Crippen molar-refractivity contribution in [2.75, 3.05) is 0 Å². The van der Waals surface area contributed by atoms with Crippen molar-refractivity contribution in [3.8, 4) is 0 Å². The molecule has 2 rings (SSSR count). The van der Waals surface area contributed by atoms with Gasteiger partial charge in [0, 0.05) is 5.88 Å². The highest BCUT2D eigenvalue weighted by Crippen LogP contribution is 2.19. The van der Waals surface area contributed by atoms with Gasteiger partial charge in [0.25, 0.3) is 0 Å². The Labute approximate surface area is 137 Å². The predicted molar refractivity (Wildman–Crippen MR) is 90.5 cm³/mol. The minimum atomic E-state index is -0.791. The fourth-order valence-electron chi connectivity index (χ4n) is 2.13. The maximum Gasteiger partial charge on any atom is 0.125 e. The summed E-state index contributed by atoms with van der Waals surface area (Å²) in [6.07, 6.45) is 1.81. The molecule has 0 amide bonds. The van der Waals surface area contributed by atoms with Gasteiger partial charge in [0.15, 0.2) is 0 Å². The molecular weight excluding hydrogens is 302 g/mol. The third kappa shape index (κ3) is 6.15. The van der Waals surface area contributed by atoms with Gasteiger partial charge in [0.05, 0.1) is 0 Å². The average Bonchev–Trinajstić information content (AvgIpc) is 2.57. The third-order valence-electron chi connectivity index (χ3n) is 3.35. The van der Waals surface area contributed by atoms with Gasteiger partial charge in [0.1, 0.15) is 12.0 Å². The summed E-state index contributed by atoms with van der Waals surface area (Å²) in [6.45, 7) is 3.94. The van der Waals surface area contributed by atoms with Gasteiger partial charge in [-0.15, -0.1) is 11.6 Å². The molecule has 0 saturated heterocycles. The summed E-state index contributed by atoms with van der Waals surface area (Å²) in [5.74, 6) is 0.193. The molecule has 0 aromatic heterocycles. The van der Waals surface area contributed by atoms with Crippen LogP contribution in [-0.4, -0.2) is 0 Å². The van der Waals surface area contributed by atoms with E-state index in [1.54, 1.807) is 0 Å². The van der Waals surface area contributed by atoms with E-state index in [-0.39, 0.29) is 5.82 Å². The van der Waals surface area contributed by atoms with E-state index in [0.29, 0.717) is 12.3 Å². The molecule has 0 saturated carbocycles. The maximum absolute atomic E-state index is 12.9. The lowest BCUT2D eigenvalue weighted by Gasteiger charge is -2.04. The fourth-order valence-corrected chi connectivity index (χ4v) is 2.38. The summed E-state index contributed by atoms with van der Waals surface area (Å²) in [4.78, 5) is 0. The van der Waals surface area contributed by atoms with Crippen molar-refractivity contribution in [3.63, 3.8) is 0 Å². The van der Waals surface area contributed by atoms with Crippen molar-refractivity contribution >= 4 is 11.6 Å². The second-order valence-electron chi connectivity index (χ2n) is 5.08. The molecule has 0 fully saturated rings. The van der Waals surface area contributed by atoms with Crippen molar-refractivity contribution in [3.05, 3.63) is 71.0 Å². The van der Waals surface area contributed by atoms with Gasteiger partial charge < -0.3 is 0 Å². The molecule has 0 aliphatic heterocycles. The summed E-state index contributed by atoms with van der Waals surface area (Å²) < 4.78 is 25.6. The Morgan fingerprint density at radius 2 is 1.68 bits per heavy atom. The topological polar surface area (TPSA) is 0 Å². The van der Waals surface area contributed by atoms with E-state index in [1.165, 1.54) is 12.1 Å². The molecule has 0 heterocycles. The van der Waals surface area contributed by atoms with Crippen molar-refractivity contribution in [1.82, 2.24) is 0 Å². The van der Waals surface area contributed by atoms with Crippen molar-refractivity contribution < 1.29 is 8.78 Å². The van der Waals surface area contributed by atoms with Gasteiger partial charge in [-0.3, -0.25) is 0 Å². The standard InChI is InChI=1S/C10H12ClF.C9H11F/c1-2-3-8-4-5-10(12)6-9(8)7-11;1-2-9(10)8-6-4-3-5-7-8/h4-6H,2-3,7H2,1H3;3-7,9H,2H2,1H3. The van der Waals surface area contributed by atoms with Gasteiger partial charge >= 0.3 is 0 Å². The molecule has 2 aromatic carbocycles. The first-order valence-electron chi connectivity index (χ1n) is 7.64. The Bertz CT molecular complexity index is 540. The summed E-state index contributed by atoms with van der Waals surface area (Å²) in [5, 5.41) is 0. The number of rotatable bonds is 5. The first-order valence-corrected chi connectivity index (χ1v) is 8.18. The molecule has 0 N–H and O–H groups in total. The van der Waals surface area contributed by atoms with Crippen LogP contribution in [0.2, 0.25) is 0 Å². The zero-order chi connectivity index (χ0) is 16.4. The van der Waals surface area contributed by atoms with Crippen molar-refractivity contribution in [2.45, 2.75) is 45.2 Å². The molecule has 3 heteroatoms. The van der Waals surface area contributed by atoms with Crippen LogP contribution in [0.5, 0.6) is 0 Å². The molecule has 120 valence electrons. The van der Waals surface area contributed by atoms with E-state index in [4.69, 9.17) is 11.6 Å². The maximum atomic E-state index is 12.9. The summed E-state index contributed by atoms with van der Waals surface area (Å²) in [5.41, 5.74) is 2.86. The molecule has 0 bridgehead atoms. The lowest BCUT2D eigenvalue weighted by molar-refractivity contribution is 0.334. The highest BCUT2D eigenvalue weighted by Gasteiger charge is 2.03. The number of aryl methyl sites for hydroxylation is 1. The molecule has 1 atom stereocenters. The van der Waals surface area contributed by atoms with E-state index in [0.717, 1.165) is 29.5 Å². The van der Waals surface area contributed by atoms with Gasteiger partial charge in [-0.1, -0.05) is 56.7 Å². The molecule has 2 aromatic rings. The summed E-state index contributed by atoms with van der Waals surface area (Å²) >= 11 is 5.67. The van der Waals surface area contributed by atoms with Crippen molar-refractivity contribution in [1.29, 1.82) is 0 Å². The van der Waals surface area contributed by atoms with Crippen molar-refractivity contribution in [2.24, 2.45) is 0 Å². The quantitative estimate of drug-likeness (QED) is 0.542. The van der Waals surface area contributed by atoms with Gasteiger partial charge in [0.2, 0.25) is 0 Å².